The van der Waals surface area contributed by atoms with E-state index in [0.29, 0.717) is 0 Å². The second-order valence-electron chi connectivity index (χ2n) is 9.53. The van der Waals surface area contributed by atoms with Gasteiger partial charge < -0.3 is 0 Å². The molecule has 0 bridgehead atoms. The quantitative estimate of drug-likeness (QED) is 0.293. The van der Waals surface area contributed by atoms with Crippen LogP contribution in [0.1, 0.15) is 56.1 Å². The van der Waals surface area contributed by atoms with Gasteiger partial charge in [-0.25, -0.2) is 0 Å². The van der Waals surface area contributed by atoms with E-state index in [9.17, 15) is 0 Å². The van der Waals surface area contributed by atoms with E-state index in [4.69, 9.17) is 0 Å². The average Bonchev–Trinajstić information content (AvgIpc) is 3.18. The molecule has 8 rings (SSSR count). The van der Waals surface area contributed by atoms with Gasteiger partial charge in [0.2, 0.25) is 5.54 Å². The Morgan fingerprint density at radius 1 is 0.781 bits per heavy atom. The Labute approximate surface area is 187 Å². The predicted molar refractivity (Wildman–Crippen MR) is 126 cm³/mol. The number of anilines is 1. The summed E-state index contributed by atoms with van der Waals surface area (Å²) >= 11 is 0. The largest absolute Gasteiger partial charge is 0.258 e. The third-order valence-electron chi connectivity index (χ3n) is 8.21. The highest BCUT2D eigenvalue weighted by Crippen LogP contribution is 2.56. The minimum atomic E-state index is -0.259. The number of aromatic nitrogens is 1. The summed E-state index contributed by atoms with van der Waals surface area (Å²) in [6.45, 7) is 4.73. The van der Waals surface area contributed by atoms with Gasteiger partial charge in [-0.15, -0.1) is 0 Å². The van der Waals surface area contributed by atoms with Crippen LogP contribution in [-0.4, -0.2) is 13.3 Å². The van der Waals surface area contributed by atoms with Gasteiger partial charge >= 0.3 is 0 Å². The zero-order valence-electron chi connectivity index (χ0n) is 17.8. The van der Waals surface area contributed by atoms with E-state index in [1.165, 1.54) is 55.9 Å². The Morgan fingerprint density at radius 3 is 2.41 bits per heavy atom. The molecule has 152 valence electrons. The zero-order valence-corrected chi connectivity index (χ0v) is 17.8. The molecule has 32 heavy (non-hydrogen) atoms. The summed E-state index contributed by atoms with van der Waals surface area (Å²) in [5.74, 6) is 0.274. The van der Waals surface area contributed by atoms with Crippen molar-refractivity contribution in [2.75, 3.05) is 11.6 Å². The number of pyridine rings is 1. The van der Waals surface area contributed by atoms with Crippen molar-refractivity contribution < 1.29 is 4.57 Å². The topological polar surface area (TPSA) is 19.5 Å². The van der Waals surface area contributed by atoms with E-state index in [0.717, 1.165) is 19.4 Å². The van der Waals surface area contributed by atoms with Crippen molar-refractivity contribution in [1.82, 2.24) is 0 Å². The first-order valence-electron chi connectivity index (χ1n) is 11.4. The van der Waals surface area contributed by atoms with Crippen LogP contribution in [0.15, 0.2) is 84.1 Å². The van der Waals surface area contributed by atoms with Crippen LogP contribution in [0.5, 0.6) is 0 Å². The van der Waals surface area contributed by atoms with Gasteiger partial charge in [0.25, 0.3) is 0 Å². The van der Waals surface area contributed by atoms with Gasteiger partial charge in [0.15, 0.2) is 11.9 Å². The summed E-state index contributed by atoms with van der Waals surface area (Å²) in [5.41, 5.74) is 14.0. The highest BCUT2D eigenvalue weighted by Gasteiger charge is 2.62. The smallest absolute Gasteiger partial charge is 0.240 e. The van der Waals surface area contributed by atoms with E-state index in [1.807, 2.05) is 0 Å². The van der Waals surface area contributed by atoms with Crippen molar-refractivity contribution in [2.24, 2.45) is 5.10 Å². The molecule has 2 aliphatic heterocycles. The molecule has 1 aromatic heterocycles. The van der Waals surface area contributed by atoms with Gasteiger partial charge in [-0.05, 0) is 46.4 Å². The zero-order chi connectivity index (χ0) is 21.0. The number of hydrogen-bond acceptors (Lipinski definition) is 2. The number of rotatable bonds is 1. The monoisotopic (exact) mass is 412 g/mol. The predicted octanol–water partition coefficient (Wildman–Crippen LogP) is 4.50. The average molecular weight is 413 g/mol. The van der Waals surface area contributed by atoms with E-state index in [-0.39, 0.29) is 11.5 Å². The molecule has 0 fully saturated rings. The summed E-state index contributed by atoms with van der Waals surface area (Å²) in [7, 11) is 0. The van der Waals surface area contributed by atoms with Gasteiger partial charge in [-0.3, -0.25) is 5.01 Å². The second-order valence-corrected chi connectivity index (χ2v) is 9.53. The molecule has 2 atom stereocenters. The maximum absolute atomic E-state index is 4.47. The van der Waals surface area contributed by atoms with Crippen molar-refractivity contribution in [3.63, 3.8) is 0 Å². The number of hydrogen-bond donors (Lipinski definition) is 0. The van der Waals surface area contributed by atoms with E-state index in [2.05, 4.69) is 100 Å². The Balaban J connectivity index is 1.57. The molecule has 0 saturated heterocycles. The molecule has 0 saturated carbocycles. The summed E-state index contributed by atoms with van der Waals surface area (Å²) in [4.78, 5) is 0. The molecule has 0 N–H and O–H groups in total. The van der Waals surface area contributed by atoms with Gasteiger partial charge in [-0.1, -0.05) is 54.6 Å². The molecule has 2 unspecified atom stereocenters. The third-order valence-corrected chi connectivity index (χ3v) is 8.21. The molecule has 2 aliphatic carbocycles. The van der Waals surface area contributed by atoms with Crippen LogP contribution in [0.4, 0.5) is 5.69 Å². The van der Waals surface area contributed by atoms with Gasteiger partial charge in [0, 0.05) is 30.3 Å². The van der Waals surface area contributed by atoms with Crippen molar-refractivity contribution in [1.29, 1.82) is 0 Å². The number of hydrazone groups is 1. The fourth-order valence-electron chi connectivity index (χ4n) is 7.19. The fourth-order valence-corrected chi connectivity index (χ4v) is 7.19. The van der Waals surface area contributed by atoms with Crippen molar-refractivity contribution in [3.05, 3.63) is 129 Å². The molecule has 1 spiro atoms. The van der Waals surface area contributed by atoms with Crippen LogP contribution in [0.25, 0.3) is 0 Å². The summed E-state index contributed by atoms with van der Waals surface area (Å²) < 4.78 is 2.61. The Bertz CT molecular complexity index is 1500. The molecular formula is C29H22N3+. The minimum absolute atomic E-state index is 0.259. The van der Waals surface area contributed by atoms with Crippen LogP contribution in [0.2, 0.25) is 0 Å². The molecule has 0 radical (unpaired) electrons. The maximum atomic E-state index is 4.47. The van der Waals surface area contributed by atoms with Crippen LogP contribution >= 0.6 is 0 Å². The van der Waals surface area contributed by atoms with Gasteiger partial charge in [0.1, 0.15) is 6.54 Å². The summed E-state index contributed by atoms with van der Waals surface area (Å²) in [6, 6.07) is 27.3. The Morgan fingerprint density at radius 2 is 1.50 bits per heavy atom. The van der Waals surface area contributed by atoms with Crippen LogP contribution in [0.3, 0.4) is 0 Å². The first kappa shape index (κ1) is 16.9. The third kappa shape index (κ3) is 1.74. The van der Waals surface area contributed by atoms with Crippen LogP contribution in [0, 0.1) is 0 Å². The first-order valence-corrected chi connectivity index (χ1v) is 11.4. The lowest BCUT2D eigenvalue weighted by atomic mass is 9.64. The maximum Gasteiger partial charge on any atom is 0.240 e. The SMILES string of the molecule is C=NN1CC23c4c(cccc4C4c5ccccc5Cc5ccc[n+]2c54)Cc2cccc1c23. The number of fused-ring (bicyclic) bond motifs is 3. The van der Waals surface area contributed by atoms with Crippen LogP contribution < -0.4 is 9.58 Å². The lowest BCUT2D eigenvalue weighted by molar-refractivity contribution is -0.750. The highest BCUT2D eigenvalue weighted by molar-refractivity contribution is 5.73. The molecule has 0 amide bonds. The molecular weight excluding hydrogens is 390 g/mol. The van der Waals surface area contributed by atoms with Crippen molar-refractivity contribution in [2.45, 2.75) is 24.3 Å². The van der Waals surface area contributed by atoms with E-state index < -0.39 is 0 Å². The lowest BCUT2D eigenvalue weighted by Crippen LogP contribution is -2.66. The minimum Gasteiger partial charge on any atom is -0.258 e. The first-order chi connectivity index (χ1) is 15.8. The number of nitrogens with zero attached hydrogens (tertiary/aromatic N) is 3. The van der Waals surface area contributed by atoms with E-state index >= 15 is 0 Å². The normalized spacial score (nSPS) is 22.5. The van der Waals surface area contributed by atoms with Crippen LogP contribution in [-0.2, 0) is 18.4 Å². The lowest BCUT2D eigenvalue weighted by Gasteiger charge is -2.42. The van der Waals surface area contributed by atoms with Crippen molar-refractivity contribution >= 4 is 12.4 Å². The second kappa shape index (κ2) is 5.55. The molecule has 4 aromatic rings. The fraction of sp³-hybridized carbons (Fsp3) is 0.172. The Kier molecular flexibility index (Phi) is 2.93. The molecule has 3 aromatic carbocycles. The molecule has 3 heteroatoms. The molecule has 3 heterocycles. The van der Waals surface area contributed by atoms with Gasteiger partial charge in [-0.2, -0.15) is 9.67 Å². The standard InChI is InChI=1S/C29H22N3/c1-30-32-17-29-26-19(16-20-9-5-13-24(32)27(20)29)8-4-12-23(26)25-22-11-3-2-7-18(22)15-21-10-6-14-31(29)28(21)25/h2-14,25H,1,15-17H2/q+1. The molecule has 3 nitrogen and oxygen atoms in total. The molecule has 4 aliphatic rings. The van der Waals surface area contributed by atoms with E-state index in [1.54, 1.807) is 0 Å². The van der Waals surface area contributed by atoms with Gasteiger partial charge in [0.05, 0.1) is 17.2 Å². The highest BCUT2D eigenvalue weighted by atomic mass is 15.5. The number of benzene rings is 3. The van der Waals surface area contributed by atoms with Crippen molar-refractivity contribution in [3.8, 4) is 0 Å². The summed E-state index contributed by atoms with van der Waals surface area (Å²) in [6.07, 6.45) is 4.28. The summed E-state index contributed by atoms with van der Waals surface area (Å²) in [5, 5.41) is 6.59. The Hall–Kier alpha value is -3.72.